The highest BCUT2D eigenvalue weighted by molar-refractivity contribution is 6.00. The molecule has 1 aliphatic rings. The van der Waals surface area contributed by atoms with Crippen molar-refractivity contribution in [1.82, 2.24) is 4.90 Å². The lowest BCUT2D eigenvalue weighted by Crippen LogP contribution is -2.32. The van der Waals surface area contributed by atoms with Crippen molar-refractivity contribution in [3.63, 3.8) is 0 Å². The summed E-state index contributed by atoms with van der Waals surface area (Å²) in [6.07, 6.45) is 2.02. The summed E-state index contributed by atoms with van der Waals surface area (Å²) >= 11 is 0. The Morgan fingerprint density at radius 1 is 1.29 bits per heavy atom. The van der Waals surface area contributed by atoms with E-state index in [4.69, 9.17) is 0 Å². The fourth-order valence-corrected chi connectivity index (χ4v) is 2.70. The fourth-order valence-electron chi connectivity index (χ4n) is 2.70. The molecule has 0 N–H and O–H groups in total. The predicted molar refractivity (Wildman–Crippen MR) is 70.3 cm³/mol. The van der Waals surface area contributed by atoms with Crippen molar-refractivity contribution in [3.8, 4) is 0 Å². The van der Waals surface area contributed by atoms with Gasteiger partial charge in [-0.05, 0) is 45.0 Å². The maximum Gasteiger partial charge on any atom is 0.166 e. The molecule has 1 aliphatic carbocycles. The standard InChI is InChI=1S/C15H21NO/c1-11-10-12-6-4-5-7-14(12)15(17)13(11)8-9-16(2)3/h4-7,11,13H,8-10H2,1-3H3. The number of carbonyl (C=O) groups is 1. The van der Waals surface area contributed by atoms with Gasteiger partial charge < -0.3 is 4.90 Å². The summed E-state index contributed by atoms with van der Waals surface area (Å²) in [5.41, 5.74) is 2.18. The smallest absolute Gasteiger partial charge is 0.166 e. The normalized spacial score (nSPS) is 23.9. The first-order chi connectivity index (χ1) is 8.09. The zero-order valence-corrected chi connectivity index (χ0v) is 10.9. The maximum atomic E-state index is 12.4. The van der Waals surface area contributed by atoms with Gasteiger partial charge in [-0.2, -0.15) is 0 Å². The van der Waals surface area contributed by atoms with Crippen LogP contribution in [-0.2, 0) is 6.42 Å². The molecule has 2 unspecified atom stereocenters. The molecule has 17 heavy (non-hydrogen) atoms. The van der Waals surface area contributed by atoms with Crippen molar-refractivity contribution in [1.29, 1.82) is 0 Å². The predicted octanol–water partition coefficient (Wildman–Crippen LogP) is 2.63. The van der Waals surface area contributed by atoms with Gasteiger partial charge in [0, 0.05) is 11.5 Å². The van der Waals surface area contributed by atoms with Gasteiger partial charge in [0.25, 0.3) is 0 Å². The van der Waals surface area contributed by atoms with Crippen molar-refractivity contribution >= 4 is 5.78 Å². The van der Waals surface area contributed by atoms with Gasteiger partial charge in [0.1, 0.15) is 0 Å². The Morgan fingerprint density at radius 2 is 2.00 bits per heavy atom. The van der Waals surface area contributed by atoms with Crippen molar-refractivity contribution in [3.05, 3.63) is 35.4 Å². The molecule has 0 aromatic heterocycles. The van der Waals surface area contributed by atoms with E-state index >= 15 is 0 Å². The van der Waals surface area contributed by atoms with Crippen molar-refractivity contribution in [2.24, 2.45) is 11.8 Å². The number of rotatable bonds is 3. The number of ketones is 1. The minimum absolute atomic E-state index is 0.201. The molecule has 2 nitrogen and oxygen atoms in total. The first kappa shape index (κ1) is 12.3. The van der Waals surface area contributed by atoms with Crippen LogP contribution in [0.25, 0.3) is 0 Å². The zero-order valence-electron chi connectivity index (χ0n) is 10.9. The lowest BCUT2D eigenvalue weighted by atomic mass is 9.74. The fraction of sp³-hybridized carbons (Fsp3) is 0.533. The maximum absolute atomic E-state index is 12.4. The van der Waals surface area contributed by atoms with E-state index < -0.39 is 0 Å². The third kappa shape index (κ3) is 2.58. The van der Waals surface area contributed by atoms with Crippen molar-refractivity contribution in [2.75, 3.05) is 20.6 Å². The SMILES string of the molecule is CC1Cc2ccccc2C(=O)C1CCN(C)C. The Hall–Kier alpha value is -1.15. The summed E-state index contributed by atoms with van der Waals surface area (Å²) in [5, 5.41) is 0. The molecule has 0 radical (unpaired) electrons. The topological polar surface area (TPSA) is 20.3 Å². The van der Waals surface area contributed by atoms with E-state index in [1.807, 2.05) is 18.2 Å². The van der Waals surface area contributed by atoms with Crippen LogP contribution in [0.3, 0.4) is 0 Å². The molecule has 2 atom stereocenters. The van der Waals surface area contributed by atoms with Gasteiger partial charge in [-0.25, -0.2) is 0 Å². The van der Waals surface area contributed by atoms with E-state index in [1.165, 1.54) is 5.56 Å². The van der Waals surface area contributed by atoms with Crippen LogP contribution in [0.4, 0.5) is 0 Å². The van der Waals surface area contributed by atoms with E-state index in [-0.39, 0.29) is 5.92 Å². The number of hydrogen-bond donors (Lipinski definition) is 0. The van der Waals surface area contributed by atoms with Crippen LogP contribution in [0.15, 0.2) is 24.3 Å². The Morgan fingerprint density at radius 3 is 2.71 bits per heavy atom. The second-order valence-corrected chi connectivity index (χ2v) is 5.40. The van der Waals surface area contributed by atoms with E-state index in [0.29, 0.717) is 11.7 Å². The molecular formula is C15H21NO. The van der Waals surface area contributed by atoms with E-state index in [2.05, 4.69) is 32.0 Å². The molecule has 0 spiro atoms. The molecule has 0 saturated heterocycles. The molecule has 1 aromatic carbocycles. The monoisotopic (exact) mass is 231 g/mol. The number of nitrogens with zero attached hydrogens (tertiary/aromatic N) is 1. The Bertz CT molecular complexity index is 411. The first-order valence-corrected chi connectivity index (χ1v) is 6.36. The van der Waals surface area contributed by atoms with Crippen LogP contribution in [0.1, 0.15) is 29.3 Å². The van der Waals surface area contributed by atoms with Crippen LogP contribution < -0.4 is 0 Å². The largest absolute Gasteiger partial charge is 0.309 e. The molecule has 0 fully saturated rings. The van der Waals surface area contributed by atoms with Gasteiger partial charge in [0.2, 0.25) is 0 Å². The number of benzene rings is 1. The number of fused-ring (bicyclic) bond motifs is 1. The van der Waals surface area contributed by atoms with Gasteiger partial charge in [0.15, 0.2) is 5.78 Å². The van der Waals surface area contributed by atoms with Crippen LogP contribution in [0, 0.1) is 11.8 Å². The van der Waals surface area contributed by atoms with E-state index in [0.717, 1.165) is 24.9 Å². The highest BCUT2D eigenvalue weighted by Gasteiger charge is 2.32. The summed E-state index contributed by atoms with van der Waals surface area (Å²) in [6.45, 7) is 3.19. The minimum Gasteiger partial charge on any atom is -0.309 e. The minimum atomic E-state index is 0.201. The molecule has 0 saturated carbocycles. The highest BCUT2D eigenvalue weighted by atomic mass is 16.1. The van der Waals surface area contributed by atoms with Gasteiger partial charge >= 0.3 is 0 Å². The Labute approximate surface area is 104 Å². The van der Waals surface area contributed by atoms with Crippen molar-refractivity contribution < 1.29 is 4.79 Å². The third-order valence-corrected chi connectivity index (χ3v) is 3.74. The van der Waals surface area contributed by atoms with Crippen LogP contribution >= 0.6 is 0 Å². The first-order valence-electron chi connectivity index (χ1n) is 6.36. The molecular weight excluding hydrogens is 210 g/mol. The number of Topliss-reactive ketones (excluding diaryl/α,β-unsaturated/α-hetero) is 1. The molecule has 1 aromatic rings. The Balaban J connectivity index is 2.18. The van der Waals surface area contributed by atoms with Crippen LogP contribution in [-0.4, -0.2) is 31.3 Å². The van der Waals surface area contributed by atoms with Crippen molar-refractivity contribution in [2.45, 2.75) is 19.8 Å². The number of carbonyl (C=O) groups excluding carboxylic acids is 1. The van der Waals surface area contributed by atoms with Gasteiger partial charge in [-0.15, -0.1) is 0 Å². The van der Waals surface area contributed by atoms with Crippen LogP contribution in [0.5, 0.6) is 0 Å². The zero-order chi connectivity index (χ0) is 12.4. The molecule has 0 aliphatic heterocycles. The summed E-state index contributed by atoms with van der Waals surface area (Å²) < 4.78 is 0. The summed E-state index contributed by atoms with van der Waals surface area (Å²) in [4.78, 5) is 14.6. The summed E-state index contributed by atoms with van der Waals surface area (Å²) in [5.74, 6) is 1.02. The van der Waals surface area contributed by atoms with E-state index in [9.17, 15) is 4.79 Å². The molecule has 2 rings (SSSR count). The molecule has 0 bridgehead atoms. The molecule has 0 amide bonds. The second-order valence-electron chi connectivity index (χ2n) is 5.40. The quantitative estimate of drug-likeness (QED) is 0.797. The van der Waals surface area contributed by atoms with Crippen LogP contribution in [0.2, 0.25) is 0 Å². The number of hydrogen-bond acceptors (Lipinski definition) is 2. The average molecular weight is 231 g/mol. The second kappa shape index (κ2) is 5.01. The lowest BCUT2D eigenvalue weighted by Gasteiger charge is -2.30. The third-order valence-electron chi connectivity index (χ3n) is 3.74. The lowest BCUT2D eigenvalue weighted by molar-refractivity contribution is 0.0843. The van der Waals surface area contributed by atoms with Gasteiger partial charge in [-0.1, -0.05) is 31.2 Å². The average Bonchev–Trinajstić information content (AvgIpc) is 2.28. The van der Waals surface area contributed by atoms with Gasteiger partial charge in [0.05, 0.1) is 0 Å². The molecule has 92 valence electrons. The highest BCUT2D eigenvalue weighted by Crippen LogP contribution is 2.31. The van der Waals surface area contributed by atoms with E-state index in [1.54, 1.807) is 0 Å². The summed E-state index contributed by atoms with van der Waals surface area (Å²) in [7, 11) is 4.12. The Kier molecular flexibility index (Phi) is 3.63. The molecule has 0 heterocycles. The van der Waals surface area contributed by atoms with Gasteiger partial charge in [-0.3, -0.25) is 4.79 Å². The summed E-state index contributed by atoms with van der Waals surface area (Å²) in [6, 6.07) is 8.06. The molecule has 2 heteroatoms.